The highest BCUT2D eigenvalue weighted by Gasteiger charge is 2.47. The van der Waals surface area contributed by atoms with Gasteiger partial charge in [-0.2, -0.15) is 0 Å². The van der Waals surface area contributed by atoms with Gasteiger partial charge in [0, 0.05) is 71.1 Å². The van der Waals surface area contributed by atoms with Gasteiger partial charge in [-0.1, -0.05) is 0 Å². The first-order valence-electron chi connectivity index (χ1n) is 11.7. The molecule has 0 aromatic rings. The number of piperazine rings is 1. The van der Waals surface area contributed by atoms with Gasteiger partial charge in [0.25, 0.3) is 0 Å². The number of ether oxygens (including phenoxy) is 1. The molecule has 3 aliphatic heterocycles. The SMILES string of the molecule is CC(C)N1CCN(CCCN2CC3(CCN(C(=O)CC4CC4)CC3)OC2=O)CC1. The topological polar surface area (TPSA) is 56.3 Å². The standard InChI is InChI=1S/C22H38N4O3/c1-18(2)24-14-12-23(13-15-24)8-3-9-26-17-22(29-21(26)28)6-10-25(11-7-22)20(27)16-19-4-5-19/h18-19H,3-17H2,1-2H3. The lowest BCUT2D eigenvalue weighted by molar-refractivity contribution is -0.134. The van der Waals surface area contributed by atoms with Crippen LogP contribution < -0.4 is 0 Å². The number of hydrogen-bond donors (Lipinski definition) is 0. The van der Waals surface area contributed by atoms with Crippen molar-refractivity contribution in [1.82, 2.24) is 19.6 Å². The molecule has 1 saturated carbocycles. The van der Waals surface area contributed by atoms with Crippen LogP contribution in [0, 0.1) is 5.92 Å². The third-order valence-corrected chi connectivity index (χ3v) is 7.27. The molecule has 0 aromatic heterocycles. The minimum atomic E-state index is -0.365. The Morgan fingerprint density at radius 2 is 1.76 bits per heavy atom. The van der Waals surface area contributed by atoms with Gasteiger partial charge in [-0.15, -0.1) is 0 Å². The molecule has 1 aliphatic carbocycles. The third-order valence-electron chi connectivity index (χ3n) is 7.27. The summed E-state index contributed by atoms with van der Waals surface area (Å²) < 4.78 is 5.84. The molecule has 0 radical (unpaired) electrons. The van der Waals surface area contributed by atoms with Crippen molar-refractivity contribution in [2.45, 2.75) is 64.0 Å². The molecule has 4 aliphatic rings. The first kappa shape index (κ1) is 20.9. The van der Waals surface area contributed by atoms with Crippen LogP contribution in [0.1, 0.15) is 52.4 Å². The predicted octanol–water partition coefficient (Wildman–Crippen LogP) is 2.02. The lowest BCUT2D eigenvalue weighted by Gasteiger charge is -2.37. The molecule has 164 valence electrons. The maximum absolute atomic E-state index is 12.4. The fourth-order valence-corrected chi connectivity index (χ4v) is 4.98. The van der Waals surface area contributed by atoms with E-state index in [1.54, 1.807) is 0 Å². The Hall–Kier alpha value is -1.34. The quantitative estimate of drug-likeness (QED) is 0.647. The summed E-state index contributed by atoms with van der Waals surface area (Å²) in [4.78, 5) is 33.7. The first-order chi connectivity index (χ1) is 13.9. The number of amides is 2. The summed E-state index contributed by atoms with van der Waals surface area (Å²) in [5, 5.41) is 0. The molecule has 0 bridgehead atoms. The van der Waals surface area contributed by atoms with E-state index in [2.05, 4.69) is 23.6 Å². The van der Waals surface area contributed by atoms with Crippen LogP contribution in [0.3, 0.4) is 0 Å². The average molecular weight is 407 g/mol. The van der Waals surface area contributed by atoms with Gasteiger partial charge < -0.3 is 19.4 Å². The summed E-state index contributed by atoms with van der Waals surface area (Å²) in [6.07, 6.45) is 5.54. The largest absolute Gasteiger partial charge is 0.441 e. The van der Waals surface area contributed by atoms with E-state index in [1.807, 2.05) is 9.80 Å². The molecular formula is C22H38N4O3. The summed E-state index contributed by atoms with van der Waals surface area (Å²) in [6, 6.07) is 0.628. The zero-order valence-electron chi connectivity index (χ0n) is 18.3. The highest BCUT2D eigenvalue weighted by molar-refractivity contribution is 5.77. The molecule has 0 atom stereocenters. The second kappa shape index (κ2) is 8.80. The van der Waals surface area contributed by atoms with Crippen molar-refractivity contribution in [1.29, 1.82) is 0 Å². The molecule has 0 N–H and O–H groups in total. The minimum Gasteiger partial charge on any atom is -0.441 e. The molecule has 0 unspecified atom stereocenters. The van der Waals surface area contributed by atoms with Gasteiger partial charge in [-0.05, 0) is 45.6 Å². The van der Waals surface area contributed by atoms with Gasteiger partial charge in [-0.3, -0.25) is 9.69 Å². The Morgan fingerprint density at radius 3 is 2.38 bits per heavy atom. The zero-order valence-corrected chi connectivity index (χ0v) is 18.3. The summed E-state index contributed by atoms with van der Waals surface area (Å²) in [5.41, 5.74) is -0.365. The van der Waals surface area contributed by atoms with Crippen molar-refractivity contribution in [2.75, 3.05) is 58.9 Å². The zero-order chi connectivity index (χ0) is 20.4. The van der Waals surface area contributed by atoms with Crippen molar-refractivity contribution in [3.8, 4) is 0 Å². The molecule has 2 amide bonds. The lowest BCUT2D eigenvalue weighted by atomic mass is 9.91. The molecule has 1 spiro atoms. The number of carbonyl (C=O) groups excluding carboxylic acids is 2. The predicted molar refractivity (Wildman–Crippen MR) is 112 cm³/mol. The van der Waals surface area contributed by atoms with Crippen molar-refractivity contribution in [2.24, 2.45) is 5.92 Å². The van der Waals surface area contributed by atoms with Crippen LogP contribution in [0.25, 0.3) is 0 Å². The summed E-state index contributed by atoms with van der Waals surface area (Å²) in [6.45, 7) is 13.0. The van der Waals surface area contributed by atoms with Crippen LogP contribution in [0.2, 0.25) is 0 Å². The Balaban J connectivity index is 1.16. The van der Waals surface area contributed by atoms with Crippen molar-refractivity contribution in [3.63, 3.8) is 0 Å². The molecule has 29 heavy (non-hydrogen) atoms. The second-order valence-electron chi connectivity index (χ2n) is 9.83. The minimum absolute atomic E-state index is 0.160. The lowest BCUT2D eigenvalue weighted by Crippen LogP contribution is -2.49. The van der Waals surface area contributed by atoms with E-state index >= 15 is 0 Å². The maximum Gasteiger partial charge on any atom is 0.410 e. The van der Waals surface area contributed by atoms with Gasteiger partial charge in [0.05, 0.1) is 6.54 Å². The van der Waals surface area contributed by atoms with Gasteiger partial charge in [0.15, 0.2) is 0 Å². The highest BCUT2D eigenvalue weighted by Crippen LogP contribution is 2.36. The Labute approximate surface area is 175 Å². The molecule has 4 rings (SSSR count). The Bertz CT molecular complexity index is 591. The highest BCUT2D eigenvalue weighted by atomic mass is 16.6. The molecule has 4 fully saturated rings. The number of nitrogens with zero attached hydrogens (tertiary/aromatic N) is 4. The number of hydrogen-bond acceptors (Lipinski definition) is 5. The van der Waals surface area contributed by atoms with Crippen LogP contribution in [0.5, 0.6) is 0 Å². The van der Waals surface area contributed by atoms with Crippen molar-refractivity contribution >= 4 is 12.0 Å². The van der Waals surface area contributed by atoms with Crippen LogP contribution in [-0.4, -0.2) is 102 Å². The van der Waals surface area contributed by atoms with Gasteiger partial charge in [0.2, 0.25) is 5.91 Å². The average Bonchev–Trinajstić information content (AvgIpc) is 3.46. The molecule has 3 heterocycles. The first-order valence-corrected chi connectivity index (χ1v) is 11.7. The summed E-state index contributed by atoms with van der Waals surface area (Å²) in [7, 11) is 0. The Kier molecular flexibility index (Phi) is 6.35. The Morgan fingerprint density at radius 1 is 1.07 bits per heavy atom. The van der Waals surface area contributed by atoms with Gasteiger partial charge >= 0.3 is 6.09 Å². The molecule has 3 saturated heterocycles. The van der Waals surface area contributed by atoms with Gasteiger partial charge in [-0.25, -0.2) is 4.79 Å². The summed E-state index contributed by atoms with van der Waals surface area (Å²) in [5.74, 6) is 0.924. The molecule has 7 heteroatoms. The van der Waals surface area contributed by atoms with E-state index in [9.17, 15) is 9.59 Å². The maximum atomic E-state index is 12.4. The van der Waals surface area contributed by atoms with E-state index < -0.39 is 0 Å². The fraction of sp³-hybridized carbons (Fsp3) is 0.909. The molecule has 7 nitrogen and oxygen atoms in total. The van der Waals surface area contributed by atoms with E-state index in [4.69, 9.17) is 4.74 Å². The molecule has 0 aromatic carbocycles. The van der Waals surface area contributed by atoms with Crippen LogP contribution in [0.4, 0.5) is 4.79 Å². The fourth-order valence-electron chi connectivity index (χ4n) is 4.98. The normalized spacial score (nSPS) is 25.8. The number of carbonyl (C=O) groups is 2. The second-order valence-corrected chi connectivity index (χ2v) is 9.83. The molecular weight excluding hydrogens is 368 g/mol. The van der Waals surface area contributed by atoms with Crippen LogP contribution in [-0.2, 0) is 9.53 Å². The smallest absolute Gasteiger partial charge is 0.410 e. The van der Waals surface area contributed by atoms with Crippen LogP contribution in [0.15, 0.2) is 0 Å². The van der Waals surface area contributed by atoms with Crippen LogP contribution >= 0.6 is 0 Å². The van der Waals surface area contributed by atoms with Gasteiger partial charge in [0.1, 0.15) is 5.60 Å². The number of piperidine rings is 1. The van der Waals surface area contributed by atoms with E-state index in [0.717, 1.165) is 71.6 Å². The monoisotopic (exact) mass is 406 g/mol. The number of likely N-dealkylation sites (tertiary alicyclic amines) is 1. The van der Waals surface area contributed by atoms with E-state index in [-0.39, 0.29) is 11.7 Å². The summed E-state index contributed by atoms with van der Waals surface area (Å²) >= 11 is 0. The van der Waals surface area contributed by atoms with Crippen molar-refractivity contribution < 1.29 is 14.3 Å². The van der Waals surface area contributed by atoms with E-state index in [0.29, 0.717) is 30.8 Å². The van der Waals surface area contributed by atoms with Crippen molar-refractivity contribution in [3.05, 3.63) is 0 Å². The third kappa shape index (κ3) is 5.23. The van der Waals surface area contributed by atoms with E-state index in [1.165, 1.54) is 12.8 Å². The number of rotatable bonds is 7.